The average Bonchev–Trinajstić information content (AvgIpc) is 3.22. The Hall–Kier alpha value is -2.78. The Balaban J connectivity index is 1.46. The fourth-order valence-electron chi connectivity index (χ4n) is 3.96. The predicted molar refractivity (Wildman–Crippen MR) is 112 cm³/mol. The number of carbonyl (C=O) groups excluding carboxylic acids is 2. The molecule has 0 aromatic heterocycles. The van der Waals surface area contributed by atoms with Gasteiger partial charge in [0.15, 0.2) is 6.61 Å². The average molecular weight is 447 g/mol. The van der Waals surface area contributed by atoms with E-state index in [-0.39, 0.29) is 11.5 Å². The van der Waals surface area contributed by atoms with Gasteiger partial charge in [0.1, 0.15) is 10.7 Å². The second-order valence-corrected chi connectivity index (χ2v) is 9.52. The highest BCUT2D eigenvalue weighted by molar-refractivity contribution is 7.89. The van der Waals surface area contributed by atoms with Crippen LogP contribution in [0.1, 0.15) is 35.2 Å². The van der Waals surface area contributed by atoms with E-state index in [2.05, 4.69) is 0 Å². The Kier molecular flexibility index (Phi) is 6.06. The number of benzene rings is 2. The van der Waals surface area contributed by atoms with Gasteiger partial charge in [0.05, 0.1) is 5.56 Å². The zero-order chi connectivity index (χ0) is 22.0. The van der Waals surface area contributed by atoms with E-state index in [9.17, 15) is 22.4 Å². The molecule has 0 saturated carbocycles. The van der Waals surface area contributed by atoms with Gasteiger partial charge in [-0.3, -0.25) is 4.79 Å². The van der Waals surface area contributed by atoms with Gasteiger partial charge in [-0.25, -0.2) is 17.6 Å². The molecule has 4 rings (SSSR count). The van der Waals surface area contributed by atoms with Crippen molar-refractivity contribution < 1.29 is 27.1 Å². The third-order valence-electron chi connectivity index (χ3n) is 5.61. The van der Waals surface area contributed by atoms with Crippen LogP contribution in [0.25, 0.3) is 0 Å². The molecule has 0 spiro atoms. The Morgan fingerprint density at radius 3 is 2.52 bits per heavy atom. The van der Waals surface area contributed by atoms with E-state index in [0.29, 0.717) is 32.5 Å². The summed E-state index contributed by atoms with van der Waals surface area (Å²) in [5, 5.41) is 0. The Morgan fingerprint density at radius 1 is 1.00 bits per heavy atom. The number of halogens is 1. The number of nitrogens with zero attached hydrogens (tertiary/aromatic N) is 2. The van der Waals surface area contributed by atoms with Crippen molar-refractivity contribution in [1.29, 1.82) is 0 Å². The lowest BCUT2D eigenvalue weighted by Gasteiger charge is -2.26. The van der Waals surface area contributed by atoms with Crippen molar-refractivity contribution in [3.05, 3.63) is 59.4 Å². The number of sulfonamides is 1. The van der Waals surface area contributed by atoms with Crippen LogP contribution in [0.2, 0.25) is 0 Å². The van der Waals surface area contributed by atoms with Crippen LogP contribution in [0, 0.1) is 5.82 Å². The van der Waals surface area contributed by atoms with E-state index in [0.717, 1.165) is 42.3 Å². The highest BCUT2D eigenvalue weighted by Crippen LogP contribution is 2.28. The number of ether oxygens (including phenoxy) is 1. The van der Waals surface area contributed by atoms with Crippen molar-refractivity contribution in [3.8, 4) is 0 Å². The summed E-state index contributed by atoms with van der Waals surface area (Å²) in [5.41, 5.74) is 1.72. The van der Waals surface area contributed by atoms with E-state index >= 15 is 0 Å². The molecule has 7 nitrogen and oxygen atoms in total. The van der Waals surface area contributed by atoms with Crippen molar-refractivity contribution >= 4 is 27.6 Å². The minimum absolute atomic E-state index is 0.119. The highest BCUT2D eigenvalue weighted by Gasteiger charge is 2.30. The minimum atomic E-state index is -4.05. The first-order valence-electron chi connectivity index (χ1n) is 10.2. The molecule has 2 aliphatic rings. The van der Waals surface area contributed by atoms with E-state index < -0.39 is 33.3 Å². The Morgan fingerprint density at radius 2 is 1.74 bits per heavy atom. The molecule has 2 aliphatic heterocycles. The molecule has 1 fully saturated rings. The highest BCUT2D eigenvalue weighted by atomic mass is 32.2. The standard InChI is InChI=1S/C22H23FN2O5S/c23-18-9-8-17(14-20(18)31(28,29)24-11-4-1-5-12-24)22(27)30-15-21(26)25-13-10-16-6-2-3-7-19(16)25/h2-3,6-9,14H,1,4-5,10-13,15H2. The molecule has 9 heteroatoms. The van der Waals surface area contributed by atoms with Crippen LogP contribution >= 0.6 is 0 Å². The number of hydrogen-bond donors (Lipinski definition) is 0. The van der Waals surface area contributed by atoms with Gasteiger partial charge in [0.2, 0.25) is 10.0 Å². The Labute approximate surface area is 180 Å². The molecule has 0 N–H and O–H groups in total. The zero-order valence-corrected chi connectivity index (χ0v) is 17.7. The monoisotopic (exact) mass is 446 g/mol. The maximum absolute atomic E-state index is 14.3. The van der Waals surface area contributed by atoms with E-state index in [1.54, 1.807) is 4.90 Å². The Bertz CT molecular complexity index is 1110. The van der Waals surface area contributed by atoms with Gasteiger partial charge in [0.25, 0.3) is 5.91 Å². The lowest BCUT2D eigenvalue weighted by atomic mass is 10.2. The normalized spacial score (nSPS) is 16.7. The van der Waals surface area contributed by atoms with Gasteiger partial charge in [-0.15, -0.1) is 0 Å². The predicted octanol–water partition coefficient (Wildman–Crippen LogP) is 2.75. The summed E-state index contributed by atoms with van der Waals surface area (Å²) < 4.78 is 46.3. The van der Waals surface area contributed by atoms with Crippen molar-refractivity contribution in [2.45, 2.75) is 30.6 Å². The number of hydrogen-bond acceptors (Lipinski definition) is 5. The van der Waals surface area contributed by atoms with Crippen LogP contribution in [-0.2, 0) is 26.0 Å². The maximum atomic E-state index is 14.3. The van der Waals surface area contributed by atoms with E-state index in [1.807, 2.05) is 24.3 Å². The number of carbonyl (C=O) groups is 2. The summed E-state index contributed by atoms with van der Waals surface area (Å²) in [5.74, 6) is -2.18. The number of amides is 1. The fraction of sp³-hybridized carbons (Fsp3) is 0.364. The third kappa shape index (κ3) is 4.33. The minimum Gasteiger partial charge on any atom is -0.452 e. The number of rotatable bonds is 5. The molecule has 31 heavy (non-hydrogen) atoms. The van der Waals surface area contributed by atoms with Crippen LogP contribution < -0.4 is 4.90 Å². The van der Waals surface area contributed by atoms with Gasteiger partial charge >= 0.3 is 5.97 Å². The van der Waals surface area contributed by atoms with Gasteiger partial charge in [-0.05, 0) is 49.1 Å². The van der Waals surface area contributed by atoms with Crippen LogP contribution in [0.4, 0.5) is 10.1 Å². The second-order valence-electron chi connectivity index (χ2n) is 7.61. The maximum Gasteiger partial charge on any atom is 0.338 e. The topological polar surface area (TPSA) is 84.0 Å². The van der Waals surface area contributed by atoms with Crippen LogP contribution in [0.3, 0.4) is 0 Å². The molecule has 1 saturated heterocycles. The van der Waals surface area contributed by atoms with Crippen LogP contribution in [0.5, 0.6) is 0 Å². The van der Waals surface area contributed by atoms with Crippen LogP contribution in [-0.4, -0.2) is 50.8 Å². The first-order valence-corrected chi connectivity index (χ1v) is 11.7. The zero-order valence-electron chi connectivity index (χ0n) is 16.9. The molecule has 0 aliphatic carbocycles. The second kappa shape index (κ2) is 8.76. The summed E-state index contributed by atoms with van der Waals surface area (Å²) in [6.45, 7) is 0.660. The van der Waals surface area contributed by atoms with Crippen molar-refractivity contribution in [1.82, 2.24) is 4.31 Å². The number of anilines is 1. The molecule has 2 aromatic rings. The number of fused-ring (bicyclic) bond motifs is 1. The molecule has 0 unspecified atom stereocenters. The molecule has 0 radical (unpaired) electrons. The SMILES string of the molecule is O=C(OCC(=O)N1CCc2ccccc21)c1ccc(F)c(S(=O)(=O)N2CCCCC2)c1. The quantitative estimate of drug-likeness (QED) is 0.660. The third-order valence-corrected chi connectivity index (χ3v) is 7.53. The first kappa shape index (κ1) is 21.5. The summed E-state index contributed by atoms with van der Waals surface area (Å²) in [7, 11) is -4.05. The van der Waals surface area contributed by atoms with E-state index in [1.165, 1.54) is 4.31 Å². The lowest BCUT2D eigenvalue weighted by Crippen LogP contribution is -2.36. The molecular formula is C22H23FN2O5S. The van der Waals surface area contributed by atoms with Gasteiger partial charge < -0.3 is 9.64 Å². The number of piperidine rings is 1. The summed E-state index contributed by atoms with van der Waals surface area (Å²) >= 11 is 0. The summed E-state index contributed by atoms with van der Waals surface area (Å²) in [4.78, 5) is 26.0. The largest absolute Gasteiger partial charge is 0.452 e. The summed E-state index contributed by atoms with van der Waals surface area (Å²) in [6, 6.07) is 10.6. The van der Waals surface area contributed by atoms with Gasteiger partial charge in [-0.1, -0.05) is 24.6 Å². The molecule has 0 atom stereocenters. The molecular weight excluding hydrogens is 423 g/mol. The van der Waals surface area contributed by atoms with Gasteiger partial charge in [-0.2, -0.15) is 4.31 Å². The van der Waals surface area contributed by atoms with Crippen molar-refractivity contribution in [3.63, 3.8) is 0 Å². The molecule has 164 valence electrons. The van der Waals surface area contributed by atoms with Crippen molar-refractivity contribution in [2.75, 3.05) is 31.1 Å². The van der Waals surface area contributed by atoms with Gasteiger partial charge in [0, 0.05) is 25.3 Å². The summed E-state index contributed by atoms with van der Waals surface area (Å²) in [6.07, 6.45) is 3.08. The molecule has 2 aromatic carbocycles. The molecule has 2 heterocycles. The number of para-hydroxylation sites is 1. The molecule has 0 bridgehead atoms. The first-order chi connectivity index (χ1) is 14.9. The fourth-order valence-corrected chi connectivity index (χ4v) is 5.57. The smallest absolute Gasteiger partial charge is 0.338 e. The van der Waals surface area contributed by atoms with E-state index in [4.69, 9.17) is 4.74 Å². The van der Waals surface area contributed by atoms with Crippen molar-refractivity contribution in [2.24, 2.45) is 0 Å². The molecule has 1 amide bonds. The lowest BCUT2D eigenvalue weighted by molar-refractivity contribution is -0.121. The number of esters is 1. The van der Waals surface area contributed by atoms with Crippen LogP contribution in [0.15, 0.2) is 47.4 Å².